The van der Waals surface area contributed by atoms with Crippen LogP contribution in [0.25, 0.3) is 5.69 Å². The molecule has 72 valence electrons. The van der Waals surface area contributed by atoms with E-state index in [2.05, 4.69) is 30.8 Å². The molecule has 2 heteroatoms. The first-order valence-corrected chi connectivity index (χ1v) is 4.96. The molecule has 0 unspecified atom stereocenters. The molecule has 0 bridgehead atoms. The summed E-state index contributed by atoms with van der Waals surface area (Å²) in [5.41, 5.74) is 3.76. The van der Waals surface area contributed by atoms with Crippen molar-refractivity contribution in [3.05, 3.63) is 52.8 Å². The van der Waals surface area contributed by atoms with E-state index < -0.39 is 0 Å². The average Bonchev–Trinajstić information content (AvgIpc) is 2.48. The minimum Gasteiger partial charge on any atom is -0.323 e. The number of aryl methyl sites for hydroxylation is 2. The van der Waals surface area contributed by atoms with E-state index in [0.29, 0.717) is 0 Å². The lowest BCUT2D eigenvalue weighted by Crippen LogP contribution is -1.88. The zero-order chi connectivity index (χ0) is 10.1. The van der Waals surface area contributed by atoms with Crippen LogP contribution in [0, 0.1) is 13.8 Å². The number of hydrogen-bond donors (Lipinski definition) is 0. The zero-order valence-corrected chi connectivity index (χ0v) is 9.05. The predicted octanol–water partition coefficient (Wildman–Crippen LogP) is 3.75. The Kier molecular flexibility index (Phi) is 2.34. The summed E-state index contributed by atoms with van der Waals surface area (Å²) in [6.07, 6.45) is 4.25. The van der Waals surface area contributed by atoms with E-state index in [9.17, 15) is 0 Å². The molecule has 0 atom stereocenters. The molecule has 0 aliphatic carbocycles. The highest BCUT2D eigenvalue weighted by Gasteiger charge is 1.99. The Bertz CT molecular complexity index is 420. The molecule has 14 heavy (non-hydrogen) atoms. The molecule has 0 fully saturated rings. The van der Waals surface area contributed by atoms with Crippen molar-refractivity contribution in [3.63, 3.8) is 0 Å². The topological polar surface area (TPSA) is 4.93 Å². The molecular formula is C12H12ClN. The Morgan fingerprint density at radius 2 is 1.43 bits per heavy atom. The van der Waals surface area contributed by atoms with Gasteiger partial charge in [-0.3, -0.25) is 0 Å². The van der Waals surface area contributed by atoms with Gasteiger partial charge in [0.15, 0.2) is 0 Å². The maximum Gasteiger partial charge on any atom is 0.0450 e. The molecule has 2 rings (SSSR count). The van der Waals surface area contributed by atoms with Crippen LogP contribution in [0.3, 0.4) is 0 Å². The number of rotatable bonds is 1. The van der Waals surface area contributed by atoms with Crippen LogP contribution >= 0.6 is 11.6 Å². The smallest absolute Gasteiger partial charge is 0.0450 e. The molecule has 0 saturated carbocycles. The van der Waals surface area contributed by atoms with Crippen LogP contribution in [-0.4, -0.2) is 4.57 Å². The summed E-state index contributed by atoms with van der Waals surface area (Å²) >= 11 is 5.83. The summed E-state index contributed by atoms with van der Waals surface area (Å²) in [5.74, 6) is 0. The molecule has 0 N–H and O–H groups in total. The molecule has 1 nitrogen and oxygen atoms in total. The highest BCUT2D eigenvalue weighted by molar-refractivity contribution is 6.30. The Morgan fingerprint density at radius 3 is 1.93 bits per heavy atom. The number of hydrogen-bond acceptors (Lipinski definition) is 0. The van der Waals surface area contributed by atoms with Gasteiger partial charge in [0, 0.05) is 23.1 Å². The van der Waals surface area contributed by atoms with Crippen LogP contribution < -0.4 is 0 Å². The van der Waals surface area contributed by atoms with Gasteiger partial charge < -0.3 is 4.57 Å². The van der Waals surface area contributed by atoms with Crippen LogP contribution in [0.4, 0.5) is 0 Å². The van der Waals surface area contributed by atoms with Gasteiger partial charge >= 0.3 is 0 Å². The number of nitrogens with zero attached hydrogens (tertiary/aromatic N) is 1. The Balaban J connectivity index is 2.44. The first-order valence-electron chi connectivity index (χ1n) is 4.58. The van der Waals surface area contributed by atoms with Gasteiger partial charge in [0.25, 0.3) is 0 Å². The lowest BCUT2D eigenvalue weighted by Gasteiger charge is -2.01. The third-order valence-electron chi connectivity index (χ3n) is 2.41. The van der Waals surface area contributed by atoms with Gasteiger partial charge in [0.2, 0.25) is 0 Å². The largest absolute Gasteiger partial charge is 0.323 e. The molecule has 1 aromatic carbocycles. The van der Waals surface area contributed by atoms with Gasteiger partial charge in [-0.05, 0) is 49.2 Å². The SMILES string of the molecule is Cc1cn(-c2ccc(Cl)cc2)cc1C. The third-order valence-corrected chi connectivity index (χ3v) is 2.66. The second-order valence-electron chi connectivity index (χ2n) is 3.51. The number of benzene rings is 1. The van der Waals surface area contributed by atoms with E-state index in [1.807, 2.05) is 24.3 Å². The normalized spacial score (nSPS) is 10.5. The van der Waals surface area contributed by atoms with Crippen molar-refractivity contribution in [2.45, 2.75) is 13.8 Å². The molecule has 0 amide bonds. The minimum atomic E-state index is 0.773. The molecule has 0 aliphatic heterocycles. The second-order valence-corrected chi connectivity index (χ2v) is 3.94. The fourth-order valence-electron chi connectivity index (χ4n) is 1.42. The van der Waals surface area contributed by atoms with Crippen LogP contribution in [0.15, 0.2) is 36.7 Å². The molecule has 0 saturated heterocycles. The van der Waals surface area contributed by atoms with Crippen molar-refractivity contribution in [2.75, 3.05) is 0 Å². The van der Waals surface area contributed by atoms with Gasteiger partial charge in [0.1, 0.15) is 0 Å². The minimum absolute atomic E-state index is 0.773. The van der Waals surface area contributed by atoms with Crippen molar-refractivity contribution in [1.29, 1.82) is 0 Å². The van der Waals surface area contributed by atoms with Crippen molar-refractivity contribution < 1.29 is 0 Å². The second kappa shape index (κ2) is 3.50. The molecule has 1 heterocycles. The molecule has 0 aliphatic rings. The van der Waals surface area contributed by atoms with Crippen molar-refractivity contribution in [2.24, 2.45) is 0 Å². The predicted molar refractivity (Wildman–Crippen MR) is 60.3 cm³/mol. The molecular weight excluding hydrogens is 194 g/mol. The van der Waals surface area contributed by atoms with E-state index in [-0.39, 0.29) is 0 Å². The zero-order valence-electron chi connectivity index (χ0n) is 8.29. The standard InChI is InChI=1S/C12H12ClN/c1-9-7-14(8-10(9)2)12-5-3-11(13)4-6-12/h3-8H,1-2H3. The van der Waals surface area contributed by atoms with E-state index in [4.69, 9.17) is 11.6 Å². The van der Waals surface area contributed by atoms with E-state index in [1.54, 1.807) is 0 Å². The summed E-state index contributed by atoms with van der Waals surface area (Å²) in [4.78, 5) is 0. The monoisotopic (exact) mass is 205 g/mol. The van der Waals surface area contributed by atoms with Gasteiger partial charge in [0.05, 0.1) is 0 Å². The molecule has 1 aromatic heterocycles. The van der Waals surface area contributed by atoms with Crippen LogP contribution in [0.2, 0.25) is 5.02 Å². The quantitative estimate of drug-likeness (QED) is 0.668. The van der Waals surface area contributed by atoms with Gasteiger partial charge in [-0.1, -0.05) is 11.6 Å². The fourth-order valence-corrected chi connectivity index (χ4v) is 1.55. The summed E-state index contributed by atoms with van der Waals surface area (Å²) in [5, 5.41) is 0.773. The van der Waals surface area contributed by atoms with Gasteiger partial charge in [-0.25, -0.2) is 0 Å². The average molecular weight is 206 g/mol. The Morgan fingerprint density at radius 1 is 0.929 bits per heavy atom. The summed E-state index contributed by atoms with van der Waals surface area (Å²) < 4.78 is 2.11. The summed E-state index contributed by atoms with van der Waals surface area (Å²) in [6, 6.07) is 7.84. The maximum absolute atomic E-state index is 5.83. The first kappa shape index (κ1) is 9.35. The van der Waals surface area contributed by atoms with E-state index in [0.717, 1.165) is 10.7 Å². The number of halogens is 1. The lowest BCUT2D eigenvalue weighted by molar-refractivity contribution is 1.07. The highest BCUT2D eigenvalue weighted by atomic mass is 35.5. The van der Waals surface area contributed by atoms with Crippen molar-refractivity contribution in [3.8, 4) is 5.69 Å². The van der Waals surface area contributed by atoms with Crippen LogP contribution in [0.1, 0.15) is 11.1 Å². The highest BCUT2D eigenvalue weighted by Crippen LogP contribution is 2.16. The van der Waals surface area contributed by atoms with E-state index >= 15 is 0 Å². The molecule has 0 spiro atoms. The fraction of sp³-hybridized carbons (Fsp3) is 0.167. The summed E-state index contributed by atoms with van der Waals surface area (Å²) in [7, 11) is 0. The first-order chi connectivity index (χ1) is 6.66. The maximum atomic E-state index is 5.83. The van der Waals surface area contributed by atoms with Crippen molar-refractivity contribution >= 4 is 11.6 Å². The lowest BCUT2D eigenvalue weighted by atomic mass is 10.2. The van der Waals surface area contributed by atoms with Crippen LogP contribution in [-0.2, 0) is 0 Å². The van der Waals surface area contributed by atoms with E-state index in [1.165, 1.54) is 11.1 Å². The molecule has 2 aromatic rings. The van der Waals surface area contributed by atoms with Gasteiger partial charge in [-0.2, -0.15) is 0 Å². The van der Waals surface area contributed by atoms with Crippen LogP contribution in [0.5, 0.6) is 0 Å². The third kappa shape index (κ3) is 1.68. The summed E-state index contributed by atoms with van der Waals surface area (Å²) in [6.45, 7) is 4.23. The number of aromatic nitrogens is 1. The Labute approximate surface area is 88.9 Å². The Hall–Kier alpha value is -1.21. The molecule has 0 radical (unpaired) electrons. The van der Waals surface area contributed by atoms with Gasteiger partial charge in [-0.15, -0.1) is 0 Å². The van der Waals surface area contributed by atoms with Crippen molar-refractivity contribution in [1.82, 2.24) is 4.57 Å².